The zero-order chi connectivity index (χ0) is 6.69. The van der Waals surface area contributed by atoms with Gasteiger partial charge in [0.15, 0.2) is 0 Å². The maximum absolute atomic E-state index is 5.29. The summed E-state index contributed by atoms with van der Waals surface area (Å²) in [6.45, 7) is 2.50. The van der Waals surface area contributed by atoms with Crippen LogP contribution in [-0.2, 0) is 6.42 Å². The summed E-state index contributed by atoms with van der Waals surface area (Å²) < 4.78 is 4.81. The Hall–Kier alpha value is -0.830. The van der Waals surface area contributed by atoms with E-state index in [4.69, 9.17) is 10.3 Å². The fourth-order valence-electron chi connectivity index (χ4n) is 0.684. The van der Waals surface area contributed by atoms with E-state index < -0.39 is 0 Å². The number of nitrogens with zero attached hydrogens (tertiary/aromatic N) is 1. The predicted octanol–water partition coefficient (Wildman–Crippen LogP) is 0.484. The normalized spacial score (nSPS) is 10.0. The van der Waals surface area contributed by atoms with E-state index >= 15 is 0 Å². The Labute approximate surface area is 53.8 Å². The third-order valence-corrected chi connectivity index (χ3v) is 1.08. The van der Waals surface area contributed by atoms with E-state index in [0.29, 0.717) is 6.54 Å². The van der Waals surface area contributed by atoms with Crippen LogP contribution in [0.2, 0.25) is 0 Å². The van der Waals surface area contributed by atoms with Crippen LogP contribution in [0.5, 0.6) is 0 Å². The van der Waals surface area contributed by atoms with Gasteiger partial charge in [0.25, 0.3) is 0 Å². The minimum absolute atomic E-state index is 0.631. The van der Waals surface area contributed by atoms with Crippen molar-refractivity contribution in [2.45, 2.75) is 13.3 Å². The lowest BCUT2D eigenvalue weighted by Crippen LogP contribution is -2.02. The quantitative estimate of drug-likeness (QED) is 0.627. The van der Waals surface area contributed by atoms with Gasteiger partial charge in [0.2, 0.25) is 0 Å². The lowest BCUT2D eigenvalue weighted by Gasteiger charge is -1.83. The van der Waals surface area contributed by atoms with Crippen LogP contribution in [0.3, 0.4) is 0 Å². The second-order valence-electron chi connectivity index (χ2n) is 1.97. The van der Waals surface area contributed by atoms with Crippen LogP contribution in [0.25, 0.3) is 0 Å². The van der Waals surface area contributed by atoms with E-state index in [-0.39, 0.29) is 0 Å². The highest BCUT2D eigenvalue weighted by Crippen LogP contribution is 2.00. The first kappa shape index (κ1) is 6.29. The Kier molecular flexibility index (Phi) is 1.85. The summed E-state index contributed by atoms with van der Waals surface area (Å²) in [5.41, 5.74) is 6.23. The monoisotopic (exact) mass is 126 g/mol. The zero-order valence-corrected chi connectivity index (χ0v) is 5.42. The maximum Gasteiger partial charge on any atom is 0.133 e. The molecular weight excluding hydrogens is 116 g/mol. The molecule has 0 fully saturated rings. The van der Waals surface area contributed by atoms with E-state index in [1.165, 1.54) is 0 Å². The highest BCUT2D eigenvalue weighted by atomic mass is 16.5. The van der Waals surface area contributed by atoms with Crippen molar-refractivity contribution in [1.82, 2.24) is 5.16 Å². The van der Waals surface area contributed by atoms with E-state index in [2.05, 4.69) is 5.16 Å². The Bertz CT molecular complexity index is 183. The average molecular weight is 126 g/mol. The van der Waals surface area contributed by atoms with E-state index in [1.807, 2.05) is 13.0 Å². The van der Waals surface area contributed by atoms with E-state index in [9.17, 15) is 0 Å². The highest BCUT2D eigenvalue weighted by Gasteiger charge is 1.96. The first-order valence-corrected chi connectivity index (χ1v) is 2.95. The molecule has 1 heterocycles. The number of hydrogen-bond acceptors (Lipinski definition) is 3. The van der Waals surface area contributed by atoms with Crippen LogP contribution < -0.4 is 5.73 Å². The molecule has 0 aliphatic carbocycles. The van der Waals surface area contributed by atoms with Crippen molar-refractivity contribution in [3.8, 4) is 0 Å². The molecule has 3 nitrogen and oxygen atoms in total. The average Bonchev–Trinajstić information content (AvgIpc) is 2.17. The van der Waals surface area contributed by atoms with Gasteiger partial charge in [-0.3, -0.25) is 0 Å². The molecule has 0 aliphatic rings. The smallest absolute Gasteiger partial charge is 0.133 e. The highest BCUT2D eigenvalue weighted by molar-refractivity contribution is 5.03. The van der Waals surface area contributed by atoms with Crippen LogP contribution in [0.4, 0.5) is 0 Å². The summed E-state index contributed by atoms with van der Waals surface area (Å²) in [7, 11) is 0. The molecule has 2 N–H and O–H groups in total. The molecular formula is C6H10N2O. The fraction of sp³-hybridized carbons (Fsp3) is 0.500. The number of rotatable bonds is 2. The van der Waals surface area contributed by atoms with Gasteiger partial charge in [-0.15, -0.1) is 0 Å². The van der Waals surface area contributed by atoms with E-state index in [1.54, 1.807) is 0 Å². The Morgan fingerprint density at radius 1 is 1.78 bits per heavy atom. The second-order valence-corrected chi connectivity index (χ2v) is 1.97. The van der Waals surface area contributed by atoms with Crippen LogP contribution in [0.1, 0.15) is 11.5 Å². The Morgan fingerprint density at radius 2 is 2.56 bits per heavy atom. The molecule has 0 amide bonds. The Balaban J connectivity index is 2.61. The molecule has 0 unspecified atom stereocenters. The van der Waals surface area contributed by atoms with Crippen molar-refractivity contribution in [1.29, 1.82) is 0 Å². The van der Waals surface area contributed by atoms with Crippen molar-refractivity contribution < 1.29 is 4.52 Å². The van der Waals surface area contributed by atoms with Gasteiger partial charge in [0.05, 0.1) is 5.69 Å². The molecule has 1 aromatic heterocycles. The minimum atomic E-state index is 0.631. The summed E-state index contributed by atoms with van der Waals surface area (Å²) in [5, 5.41) is 3.75. The third kappa shape index (κ3) is 1.54. The standard InChI is InChI=1S/C6H10N2O/c1-5-4-6(2-3-7)8-9-5/h4H,2-3,7H2,1H3. The van der Waals surface area contributed by atoms with Crippen LogP contribution in [-0.4, -0.2) is 11.7 Å². The lowest BCUT2D eigenvalue weighted by atomic mass is 10.3. The number of aromatic nitrogens is 1. The number of aryl methyl sites for hydroxylation is 1. The number of nitrogens with two attached hydrogens (primary N) is 1. The van der Waals surface area contributed by atoms with Gasteiger partial charge < -0.3 is 10.3 Å². The summed E-state index contributed by atoms with van der Waals surface area (Å²) >= 11 is 0. The van der Waals surface area contributed by atoms with Gasteiger partial charge in [0.1, 0.15) is 5.76 Å². The van der Waals surface area contributed by atoms with Crippen LogP contribution in [0.15, 0.2) is 10.6 Å². The topological polar surface area (TPSA) is 52.0 Å². The predicted molar refractivity (Wildman–Crippen MR) is 34.0 cm³/mol. The summed E-state index contributed by atoms with van der Waals surface area (Å²) in [6.07, 6.45) is 0.803. The SMILES string of the molecule is Cc1cc(CCN)no1. The van der Waals surface area contributed by atoms with Crippen molar-refractivity contribution in [3.63, 3.8) is 0 Å². The van der Waals surface area contributed by atoms with Gasteiger partial charge in [0, 0.05) is 12.5 Å². The van der Waals surface area contributed by atoms with Crippen LogP contribution in [0, 0.1) is 6.92 Å². The van der Waals surface area contributed by atoms with Crippen molar-refractivity contribution in [2.75, 3.05) is 6.54 Å². The summed E-state index contributed by atoms with van der Waals surface area (Å²) in [6, 6.07) is 1.90. The molecule has 1 aromatic rings. The number of hydrogen-bond donors (Lipinski definition) is 1. The molecule has 0 radical (unpaired) electrons. The first-order valence-electron chi connectivity index (χ1n) is 2.95. The van der Waals surface area contributed by atoms with Gasteiger partial charge in [-0.1, -0.05) is 5.16 Å². The molecule has 0 spiro atoms. The molecule has 3 heteroatoms. The molecule has 0 atom stereocenters. The van der Waals surface area contributed by atoms with Gasteiger partial charge >= 0.3 is 0 Å². The molecule has 0 saturated heterocycles. The largest absolute Gasteiger partial charge is 0.361 e. The van der Waals surface area contributed by atoms with Gasteiger partial charge in [-0.25, -0.2) is 0 Å². The molecule has 0 saturated carbocycles. The van der Waals surface area contributed by atoms with Crippen molar-refractivity contribution >= 4 is 0 Å². The molecule has 9 heavy (non-hydrogen) atoms. The molecule has 0 bridgehead atoms. The molecule has 0 aliphatic heterocycles. The first-order chi connectivity index (χ1) is 4.33. The summed E-state index contributed by atoms with van der Waals surface area (Å²) in [4.78, 5) is 0. The van der Waals surface area contributed by atoms with E-state index in [0.717, 1.165) is 17.9 Å². The van der Waals surface area contributed by atoms with Crippen LogP contribution >= 0.6 is 0 Å². The second kappa shape index (κ2) is 2.64. The van der Waals surface area contributed by atoms with Crippen molar-refractivity contribution in [3.05, 3.63) is 17.5 Å². The molecule has 1 rings (SSSR count). The lowest BCUT2D eigenvalue weighted by molar-refractivity contribution is 0.390. The van der Waals surface area contributed by atoms with Gasteiger partial charge in [-0.05, 0) is 13.5 Å². The minimum Gasteiger partial charge on any atom is -0.361 e. The molecule has 50 valence electrons. The fourth-order valence-corrected chi connectivity index (χ4v) is 0.684. The van der Waals surface area contributed by atoms with Crippen molar-refractivity contribution in [2.24, 2.45) is 5.73 Å². The van der Waals surface area contributed by atoms with Gasteiger partial charge in [-0.2, -0.15) is 0 Å². The Morgan fingerprint density at radius 3 is 3.00 bits per heavy atom. The third-order valence-electron chi connectivity index (χ3n) is 1.08. The summed E-state index contributed by atoms with van der Waals surface area (Å²) in [5.74, 6) is 0.846. The maximum atomic E-state index is 5.29. The zero-order valence-electron chi connectivity index (χ0n) is 5.42. The molecule has 0 aromatic carbocycles.